The van der Waals surface area contributed by atoms with E-state index in [1.807, 2.05) is 0 Å². The van der Waals surface area contributed by atoms with Gasteiger partial charge in [-0.3, -0.25) is 4.79 Å². The molecule has 1 amide bonds. The van der Waals surface area contributed by atoms with Gasteiger partial charge in [0.15, 0.2) is 0 Å². The SMILES string of the molecule is CCOC(=O)C1CSCCN1C(=O)C1(CC)CCCNC1. The number of rotatable bonds is 4. The number of hydrogen-bond acceptors (Lipinski definition) is 5. The van der Waals surface area contributed by atoms with Crippen molar-refractivity contribution in [2.24, 2.45) is 5.41 Å². The summed E-state index contributed by atoms with van der Waals surface area (Å²) < 4.78 is 5.15. The van der Waals surface area contributed by atoms with Crippen LogP contribution >= 0.6 is 11.8 Å². The smallest absolute Gasteiger partial charge is 0.329 e. The van der Waals surface area contributed by atoms with E-state index < -0.39 is 6.04 Å². The summed E-state index contributed by atoms with van der Waals surface area (Å²) in [6.07, 6.45) is 2.75. The summed E-state index contributed by atoms with van der Waals surface area (Å²) in [4.78, 5) is 27.0. The molecular weight excluding hydrogens is 288 g/mol. The van der Waals surface area contributed by atoms with E-state index in [1.165, 1.54) is 0 Å². The molecule has 0 radical (unpaired) electrons. The molecule has 2 aliphatic heterocycles. The fourth-order valence-corrected chi connectivity index (χ4v) is 4.22. The molecule has 0 aromatic rings. The lowest BCUT2D eigenvalue weighted by Gasteiger charge is -2.43. The first-order valence-corrected chi connectivity index (χ1v) is 9.06. The van der Waals surface area contributed by atoms with Crippen molar-refractivity contribution in [3.63, 3.8) is 0 Å². The molecule has 1 N–H and O–H groups in total. The summed E-state index contributed by atoms with van der Waals surface area (Å²) >= 11 is 1.72. The Kier molecular flexibility index (Phi) is 5.93. The molecule has 0 aliphatic carbocycles. The fraction of sp³-hybridized carbons (Fsp3) is 0.867. The zero-order valence-corrected chi connectivity index (χ0v) is 13.8. The molecule has 6 heteroatoms. The second kappa shape index (κ2) is 7.49. The molecule has 0 saturated carbocycles. The molecule has 120 valence electrons. The standard InChI is InChI=1S/C15H26N2O3S/c1-3-15(6-5-7-16-11-15)14(19)17-8-9-21-10-12(17)13(18)20-4-2/h12,16H,3-11H2,1-2H3. The Balaban J connectivity index is 2.15. The van der Waals surface area contributed by atoms with Gasteiger partial charge in [-0.2, -0.15) is 11.8 Å². The second-order valence-electron chi connectivity index (χ2n) is 5.76. The van der Waals surface area contributed by atoms with Gasteiger partial charge < -0.3 is 15.0 Å². The number of piperidine rings is 1. The van der Waals surface area contributed by atoms with Gasteiger partial charge in [0.05, 0.1) is 12.0 Å². The zero-order valence-electron chi connectivity index (χ0n) is 13.0. The summed E-state index contributed by atoms with van der Waals surface area (Å²) in [7, 11) is 0. The van der Waals surface area contributed by atoms with E-state index in [0.29, 0.717) is 18.9 Å². The van der Waals surface area contributed by atoms with Gasteiger partial charge in [-0.25, -0.2) is 4.79 Å². The minimum Gasteiger partial charge on any atom is -0.464 e. The van der Waals surface area contributed by atoms with Crippen molar-refractivity contribution >= 4 is 23.6 Å². The largest absolute Gasteiger partial charge is 0.464 e. The highest BCUT2D eigenvalue weighted by Crippen LogP contribution is 2.34. The summed E-state index contributed by atoms with van der Waals surface area (Å²) in [6.45, 7) is 6.59. The summed E-state index contributed by atoms with van der Waals surface area (Å²) in [5, 5.41) is 3.35. The van der Waals surface area contributed by atoms with Crippen molar-refractivity contribution in [2.75, 3.05) is 37.7 Å². The predicted molar refractivity (Wildman–Crippen MR) is 84.3 cm³/mol. The van der Waals surface area contributed by atoms with E-state index in [4.69, 9.17) is 4.74 Å². The van der Waals surface area contributed by atoms with Crippen molar-refractivity contribution in [1.29, 1.82) is 0 Å². The van der Waals surface area contributed by atoms with Gasteiger partial charge >= 0.3 is 5.97 Å². The maximum absolute atomic E-state index is 13.1. The van der Waals surface area contributed by atoms with E-state index in [9.17, 15) is 9.59 Å². The molecule has 2 rings (SSSR count). The van der Waals surface area contributed by atoms with Crippen molar-refractivity contribution in [3.8, 4) is 0 Å². The predicted octanol–water partition coefficient (Wildman–Crippen LogP) is 1.27. The number of carbonyl (C=O) groups is 2. The van der Waals surface area contributed by atoms with Crippen LogP contribution in [0.2, 0.25) is 0 Å². The topological polar surface area (TPSA) is 58.6 Å². The highest BCUT2D eigenvalue weighted by molar-refractivity contribution is 7.99. The van der Waals surface area contributed by atoms with Crippen molar-refractivity contribution < 1.29 is 14.3 Å². The Morgan fingerprint density at radius 3 is 2.86 bits per heavy atom. The number of hydrogen-bond donors (Lipinski definition) is 1. The summed E-state index contributed by atoms with van der Waals surface area (Å²) in [6, 6.07) is -0.415. The van der Waals surface area contributed by atoms with Crippen molar-refractivity contribution in [3.05, 3.63) is 0 Å². The maximum Gasteiger partial charge on any atom is 0.329 e. The van der Waals surface area contributed by atoms with Crippen LogP contribution in [-0.2, 0) is 14.3 Å². The van der Waals surface area contributed by atoms with Crippen LogP contribution < -0.4 is 5.32 Å². The van der Waals surface area contributed by atoms with Gasteiger partial charge in [0.2, 0.25) is 5.91 Å². The average molecular weight is 314 g/mol. The Hall–Kier alpha value is -0.750. The molecule has 0 aromatic heterocycles. The van der Waals surface area contributed by atoms with Crippen molar-refractivity contribution in [1.82, 2.24) is 10.2 Å². The Morgan fingerprint density at radius 1 is 1.43 bits per heavy atom. The zero-order chi connectivity index (χ0) is 15.3. The number of ether oxygens (including phenoxy) is 1. The number of nitrogens with one attached hydrogen (secondary N) is 1. The minimum atomic E-state index is -0.415. The first kappa shape index (κ1) is 16.6. The molecule has 5 nitrogen and oxygen atoms in total. The molecule has 0 bridgehead atoms. The third-order valence-corrected chi connectivity index (χ3v) is 5.57. The number of thioether (sulfide) groups is 1. The van der Waals surface area contributed by atoms with Gasteiger partial charge in [-0.05, 0) is 32.7 Å². The lowest BCUT2D eigenvalue weighted by atomic mass is 9.76. The number of carbonyl (C=O) groups excluding carboxylic acids is 2. The molecule has 2 saturated heterocycles. The maximum atomic E-state index is 13.1. The van der Waals surface area contributed by atoms with Crippen LogP contribution in [0.3, 0.4) is 0 Å². The van der Waals surface area contributed by atoms with Gasteiger partial charge in [-0.15, -0.1) is 0 Å². The van der Waals surface area contributed by atoms with E-state index in [-0.39, 0.29) is 17.3 Å². The lowest BCUT2D eigenvalue weighted by molar-refractivity contribution is -0.158. The minimum absolute atomic E-state index is 0.135. The Morgan fingerprint density at radius 2 is 2.24 bits per heavy atom. The Labute approximate surface area is 131 Å². The van der Waals surface area contributed by atoms with Gasteiger partial charge in [0.1, 0.15) is 6.04 Å². The van der Waals surface area contributed by atoms with Crippen LogP contribution in [0.1, 0.15) is 33.1 Å². The van der Waals surface area contributed by atoms with E-state index >= 15 is 0 Å². The lowest BCUT2D eigenvalue weighted by Crippen LogP contribution is -2.58. The number of esters is 1. The summed E-state index contributed by atoms with van der Waals surface area (Å²) in [5.74, 6) is 1.43. The number of nitrogens with zero attached hydrogens (tertiary/aromatic N) is 1. The molecule has 2 unspecified atom stereocenters. The van der Waals surface area contributed by atoms with Crippen LogP contribution in [0.25, 0.3) is 0 Å². The van der Waals surface area contributed by atoms with Gasteiger partial charge in [0.25, 0.3) is 0 Å². The Bertz CT molecular complexity index is 383. The van der Waals surface area contributed by atoms with Crippen LogP contribution in [0.15, 0.2) is 0 Å². The third kappa shape index (κ3) is 3.54. The van der Waals surface area contributed by atoms with Crippen molar-refractivity contribution in [2.45, 2.75) is 39.2 Å². The number of amides is 1. The van der Waals surface area contributed by atoms with E-state index in [1.54, 1.807) is 23.6 Å². The van der Waals surface area contributed by atoms with Gasteiger partial charge in [-0.1, -0.05) is 6.92 Å². The highest BCUT2D eigenvalue weighted by atomic mass is 32.2. The van der Waals surface area contributed by atoms with Gasteiger partial charge in [0, 0.05) is 24.6 Å². The molecular formula is C15H26N2O3S. The van der Waals surface area contributed by atoms with E-state index in [0.717, 1.165) is 38.1 Å². The molecule has 0 aromatic carbocycles. The molecule has 21 heavy (non-hydrogen) atoms. The quantitative estimate of drug-likeness (QED) is 0.792. The molecule has 2 aliphatic rings. The normalized spacial score (nSPS) is 30.0. The second-order valence-corrected chi connectivity index (χ2v) is 6.91. The van der Waals surface area contributed by atoms with Crippen LogP contribution in [-0.4, -0.2) is 60.6 Å². The first-order chi connectivity index (χ1) is 10.1. The third-order valence-electron chi connectivity index (χ3n) is 4.55. The summed E-state index contributed by atoms with van der Waals surface area (Å²) in [5.41, 5.74) is -0.342. The first-order valence-electron chi connectivity index (χ1n) is 7.91. The molecule has 2 atom stereocenters. The van der Waals surface area contributed by atoms with Crippen LogP contribution in [0, 0.1) is 5.41 Å². The fourth-order valence-electron chi connectivity index (χ4n) is 3.19. The average Bonchev–Trinajstić information content (AvgIpc) is 2.55. The highest BCUT2D eigenvalue weighted by Gasteiger charge is 2.44. The van der Waals surface area contributed by atoms with Crippen LogP contribution in [0.5, 0.6) is 0 Å². The van der Waals surface area contributed by atoms with E-state index in [2.05, 4.69) is 12.2 Å². The monoisotopic (exact) mass is 314 g/mol. The molecule has 2 heterocycles. The molecule has 0 spiro atoms. The van der Waals surface area contributed by atoms with Crippen LogP contribution in [0.4, 0.5) is 0 Å². The molecule has 2 fully saturated rings.